The van der Waals surface area contributed by atoms with Gasteiger partial charge < -0.3 is 15.6 Å². The van der Waals surface area contributed by atoms with E-state index in [-0.39, 0.29) is 11.6 Å². The minimum Gasteiger partial charge on any atom is -0.387 e. The van der Waals surface area contributed by atoms with Crippen molar-refractivity contribution in [2.45, 2.75) is 19.8 Å². The molecule has 39 heavy (non-hydrogen) atoms. The summed E-state index contributed by atoms with van der Waals surface area (Å²) in [5.74, 6) is 0.265. The number of rotatable bonds is 5. The molecule has 0 saturated heterocycles. The molecular weight excluding hydrogens is 492 g/mol. The predicted molar refractivity (Wildman–Crippen MR) is 154 cm³/mol. The average Bonchev–Trinajstić information content (AvgIpc) is 3.30. The van der Waals surface area contributed by atoms with Crippen LogP contribution in [0.5, 0.6) is 0 Å². The van der Waals surface area contributed by atoms with Crippen LogP contribution in [-0.4, -0.2) is 70.8 Å². The number of likely N-dealkylation sites (N-methyl/N-ethyl adjacent to an activating group) is 1. The predicted octanol–water partition coefficient (Wildman–Crippen LogP) is 3.19. The van der Waals surface area contributed by atoms with E-state index >= 15 is 0 Å². The van der Waals surface area contributed by atoms with Gasteiger partial charge in [-0.3, -0.25) is 19.5 Å². The number of amidine groups is 1. The Morgan fingerprint density at radius 1 is 1.13 bits per heavy atom. The average molecular weight is 523 g/mol. The molecule has 0 fully saturated rings. The van der Waals surface area contributed by atoms with Crippen LogP contribution in [0.1, 0.15) is 28.0 Å². The molecule has 4 N–H and O–H groups in total. The molecule has 10 heteroatoms. The van der Waals surface area contributed by atoms with Gasteiger partial charge >= 0.3 is 0 Å². The number of anilines is 1. The van der Waals surface area contributed by atoms with E-state index in [0.29, 0.717) is 30.2 Å². The first kappa shape index (κ1) is 24.7. The Hall–Kier alpha value is -4.57. The smallest absolute Gasteiger partial charge is 0.290 e. The van der Waals surface area contributed by atoms with Crippen molar-refractivity contribution in [1.29, 1.82) is 0 Å². The maximum Gasteiger partial charge on any atom is 0.290 e. The monoisotopic (exact) mass is 522 g/mol. The summed E-state index contributed by atoms with van der Waals surface area (Å²) in [7, 11) is 2.04. The number of fused-ring (bicyclic) bond motifs is 3. The molecule has 1 amide bonds. The lowest BCUT2D eigenvalue weighted by Gasteiger charge is -2.29. The molecule has 2 aromatic heterocycles. The van der Waals surface area contributed by atoms with Crippen molar-refractivity contribution in [2.75, 3.05) is 38.1 Å². The van der Waals surface area contributed by atoms with Gasteiger partial charge in [0, 0.05) is 53.9 Å². The summed E-state index contributed by atoms with van der Waals surface area (Å²) in [5, 5.41) is 7.93. The van der Waals surface area contributed by atoms with Crippen LogP contribution in [0.15, 0.2) is 63.3 Å². The number of carbonyl (C=O) groups excluding carboxylic acids is 1. The molecule has 198 valence electrons. The van der Waals surface area contributed by atoms with Crippen LogP contribution in [0.4, 0.5) is 11.4 Å². The van der Waals surface area contributed by atoms with Crippen molar-refractivity contribution in [3.63, 3.8) is 0 Å². The van der Waals surface area contributed by atoms with Crippen LogP contribution in [-0.2, 0) is 6.42 Å². The SMILES string of the molecule is Cc1c(-c2cc(N=C(N)CC3=NCCN(C)C3)c(=O)[nH]n2)cccc1N1CCc2c([nH]c3ccccc23)C1=O. The Bertz CT molecular complexity index is 1710. The molecule has 0 aliphatic carbocycles. The standard InChI is InChI=1S/C29H30N8O2/c1-17-19(23-15-24(28(38)35-34-23)32-26(30)14-18-16-36(2)13-11-31-18)7-5-9-25(17)37-12-10-21-20-6-3-4-8-22(20)33-27(21)29(37)39/h3-9,15,33H,10-14,16H2,1-2H3,(H,35,38)(H2,30,32,34). The molecule has 0 bridgehead atoms. The van der Waals surface area contributed by atoms with Gasteiger partial charge in [-0.05, 0) is 49.7 Å². The number of nitrogens with one attached hydrogen (secondary N) is 2. The number of hydrogen-bond donors (Lipinski definition) is 3. The molecule has 2 aliphatic rings. The van der Waals surface area contributed by atoms with E-state index in [0.717, 1.165) is 65.0 Å². The molecule has 0 atom stereocenters. The molecule has 2 aromatic carbocycles. The number of para-hydroxylation sites is 1. The number of aliphatic imine (C=N–C) groups is 2. The third-order valence-corrected chi connectivity index (χ3v) is 7.43. The summed E-state index contributed by atoms with van der Waals surface area (Å²) in [4.78, 5) is 42.3. The summed E-state index contributed by atoms with van der Waals surface area (Å²) in [6.07, 6.45) is 1.16. The minimum atomic E-state index is -0.421. The summed E-state index contributed by atoms with van der Waals surface area (Å²) in [6.45, 7) is 4.91. The molecule has 4 heterocycles. The van der Waals surface area contributed by atoms with Gasteiger partial charge in [0.1, 0.15) is 17.2 Å². The molecule has 0 unspecified atom stereocenters. The zero-order valence-corrected chi connectivity index (χ0v) is 22.0. The highest BCUT2D eigenvalue weighted by molar-refractivity contribution is 6.11. The number of H-pyrrole nitrogens is 2. The molecule has 4 aromatic rings. The summed E-state index contributed by atoms with van der Waals surface area (Å²) >= 11 is 0. The molecule has 6 rings (SSSR count). The highest BCUT2D eigenvalue weighted by atomic mass is 16.2. The Labute approximate surface area is 225 Å². The van der Waals surface area contributed by atoms with Crippen molar-refractivity contribution >= 4 is 39.7 Å². The third kappa shape index (κ3) is 4.63. The van der Waals surface area contributed by atoms with Crippen molar-refractivity contribution < 1.29 is 4.79 Å². The van der Waals surface area contributed by atoms with Gasteiger partial charge in [-0.2, -0.15) is 5.10 Å². The van der Waals surface area contributed by atoms with Crippen LogP contribution in [0.2, 0.25) is 0 Å². The minimum absolute atomic E-state index is 0.0588. The molecule has 0 spiro atoms. The van der Waals surface area contributed by atoms with E-state index in [4.69, 9.17) is 5.73 Å². The summed E-state index contributed by atoms with van der Waals surface area (Å²) in [5.41, 5.74) is 12.6. The van der Waals surface area contributed by atoms with Crippen molar-refractivity contribution in [2.24, 2.45) is 15.7 Å². The Kier molecular flexibility index (Phi) is 6.32. The van der Waals surface area contributed by atoms with Gasteiger partial charge in [0.2, 0.25) is 0 Å². The number of nitrogens with two attached hydrogens (primary N) is 1. The van der Waals surface area contributed by atoms with Gasteiger partial charge in [0.05, 0.1) is 12.2 Å². The second kappa shape index (κ2) is 9.95. The van der Waals surface area contributed by atoms with E-state index in [1.54, 1.807) is 11.0 Å². The van der Waals surface area contributed by atoms with Crippen LogP contribution in [0.3, 0.4) is 0 Å². The van der Waals surface area contributed by atoms with E-state index in [9.17, 15) is 9.59 Å². The lowest BCUT2D eigenvalue weighted by atomic mass is 9.99. The van der Waals surface area contributed by atoms with Crippen molar-refractivity contribution in [1.82, 2.24) is 20.1 Å². The van der Waals surface area contributed by atoms with E-state index in [1.807, 2.05) is 50.4 Å². The fourth-order valence-electron chi connectivity index (χ4n) is 5.48. The molecule has 10 nitrogen and oxygen atoms in total. The Morgan fingerprint density at radius 3 is 2.82 bits per heavy atom. The number of hydrogen-bond acceptors (Lipinski definition) is 6. The number of amides is 1. The zero-order valence-electron chi connectivity index (χ0n) is 22.0. The Morgan fingerprint density at radius 2 is 1.97 bits per heavy atom. The van der Waals surface area contributed by atoms with Gasteiger partial charge in [-0.1, -0.05) is 30.3 Å². The third-order valence-electron chi connectivity index (χ3n) is 7.43. The molecule has 0 saturated carbocycles. The number of benzene rings is 2. The largest absolute Gasteiger partial charge is 0.387 e. The first-order valence-corrected chi connectivity index (χ1v) is 13.0. The van der Waals surface area contributed by atoms with Crippen LogP contribution < -0.4 is 16.2 Å². The maximum atomic E-state index is 13.6. The fourth-order valence-corrected chi connectivity index (χ4v) is 5.48. The Balaban J connectivity index is 1.31. The lowest BCUT2D eigenvalue weighted by molar-refractivity contribution is 0.0976. The highest BCUT2D eigenvalue weighted by Gasteiger charge is 2.30. The van der Waals surface area contributed by atoms with E-state index in [1.165, 1.54) is 0 Å². The topological polar surface area (TPSA) is 136 Å². The van der Waals surface area contributed by atoms with E-state index < -0.39 is 5.56 Å². The second-order valence-corrected chi connectivity index (χ2v) is 10.1. The van der Waals surface area contributed by atoms with Gasteiger partial charge in [-0.15, -0.1) is 0 Å². The number of carbonyl (C=O) groups is 1. The molecule has 0 radical (unpaired) electrons. The second-order valence-electron chi connectivity index (χ2n) is 10.1. The van der Waals surface area contributed by atoms with E-state index in [2.05, 4.69) is 36.1 Å². The number of nitrogens with zero attached hydrogens (tertiary/aromatic N) is 5. The maximum absolute atomic E-state index is 13.6. The number of aromatic nitrogens is 3. The van der Waals surface area contributed by atoms with Gasteiger partial charge in [-0.25, -0.2) is 10.1 Å². The first-order valence-electron chi connectivity index (χ1n) is 13.0. The summed E-state index contributed by atoms with van der Waals surface area (Å²) < 4.78 is 0. The van der Waals surface area contributed by atoms with Crippen LogP contribution in [0.25, 0.3) is 22.2 Å². The molecular formula is C29H30N8O2. The first-order chi connectivity index (χ1) is 18.9. The summed E-state index contributed by atoms with van der Waals surface area (Å²) in [6, 6.07) is 15.4. The normalized spacial score (nSPS) is 16.5. The lowest BCUT2D eigenvalue weighted by Crippen LogP contribution is -2.38. The molecule has 2 aliphatic heterocycles. The zero-order chi connectivity index (χ0) is 27.1. The highest BCUT2D eigenvalue weighted by Crippen LogP contribution is 2.34. The fraction of sp³-hybridized carbons (Fsp3) is 0.276. The van der Waals surface area contributed by atoms with Gasteiger partial charge in [0.25, 0.3) is 11.5 Å². The number of aromatic amines is 2. The van der Waals surface area contributed by atoms with Crippen molar-refractivity contribution in [3.8, 4) is 11.3 Å². The quantitative estimate of drug-likeness (QED) is 0.273. The van der Waals surface area contributed by atoms with Crippen molar-refractivity contribution in [3.05, 3.63) is 75.7 Å². The van der Waals surface area contributed by atoms with Gasteiger partial charge in [0.15, 0.2) is 0 Å². The van der Waals surface area contributed by atoms with Crippen LogP contribution in [0, 0.1) is 6.92 Å². The van der Waals surface area contributed by atoms with Crippen LogP contribution >= 0.6 is 0 Å².